The van der Waals surface area contributed by atoms with E-state index in [-0.39, 0.29) is 17.2 Å². The van der Waals surface area contributed by atoms with Crippen molar-refractivity contribution >= 4 is 45.2 Å². The molecule has 13 heteroatoms. The van der Waals surface area contributed by atoms with Gasteiger partial charge >= 0.3 is 0 Å². The van der Waals surface area contributed by atoms with E-state index in [1.165, 1.54) is 46.7 Å². The summed E-state index contributed by atoms with van der Waals surface area (Å²) < 4.78 is 2.80. The van der Waals surface area contributed by atoms with Gasteiger partial charge in [0.2, 0.25) is 15.7 Å². The van der Waals surface area contributed by atoms with Crippen LogP contribution in [0.3, 0.4) is 0 Å². The van der Waals surface area contributed by atoms with Gasteiger partial charge in [-0.2, -0.15) is 9.20 Å². The number of rotatable bonds is 5. The molecule has 0 spiro atoms. The molecule has 0 aliphatic rings. The molecule has 0 atom stereocenters. The van der Waals surface area contributed by atoms with E-state index in [0.717, 1.165) is 11.3 Å². The second kappa shape index (κ2) is 9.31. The average molecular weight is 501 g/mol. The Labute approximate surface area is 206 Å². The number of pyridine rings is 1. The van der Waals surface area contributed by atoms with Gasteiger partial charge in [-0.1, -0.05) is 29.5 Å². The fraction of sp³-hybridized carbons (Fsp3) is 0.0435. The fourth-order valence-electron chi connectivity index (χ4n) is 3.50. The van der Waals surface area contributed by atoms with E-state index in [4.69, 9.17) is 0 Å². The fourth-order valence-corrected chi connectivity index (χ4v) is 4.40. The Morgan fingerprint density at radius 3 is 2.50 bits per heavy atom. The Balaban J connectivity index is 1.80. The lowest BCUT2D eigenvalue weighted by atomic mass is 10.1. The van der Waals surface area contributed by atoms with Gasteiger partial charge in [0, 0.05) is 42.6 Å². The Morgan fingerprint density at radius 2 is 1.81 bits per heavy atom. The number of para-hydroxylation sites is 1. The number of carbonyl (C=O) groups excluding carboxylic acids is 2. The molecule has 178 valence electrons. The molecule has 1 amide bonds. The molecular formula is C23H16N8O4S. The first kappa shape index (κ1) is 22.7. The number of nitro groups is 1. The largest absolute Gasteiger partial charge is 0.325 e. The van der Waals surface area contributed by atoms with Crippen molar-refractivity contribution in [2.45, 2.75) is 6.92 Å². The molecular weight excluding hydrogens is 484 g/mol. The molecule has 12 nitrogen and oxygen atoms in total. The maximum Gasteiger partial charge on any atom is 0.279 e. The highest BCUT2D eigenvalue weighted by molar-refractivity contribution is 7.14. The molecule has 0 aliphatic carbocycles. The highest BCUT2D eigenvalue weighted by Gasteiger charge is 2.24. The third-order valence-corrected chi connectivity index (χ3v) is 5.93. The lowest BCUT2D eigenvalue weighted by Gasteiger charge is -2.10. The van der Waals surface area contributed by atoms with E-state index in [1.54, 1.807) is 24.3 Å². The van der Waals surface area contributed by atoms with E-state index in [2.05, 4.69) is 25.5 Å². The van der Waals surface area contributed by atoms with Crippen molar-refractivity contribution in [3.05, 3.63) is 93.5 Å². The Bertz CT molecular complexity index is 1690. The van der Waals surface area contributed by atoms with Crippen molar-refractivity contribution in [2.24, 2.45) is 4.99 Å². The van der Waals surface area contributed by atoms with Crippen LogP contribution in [0, 0.1) is 10.1 Å². The molecule has 0 saturated carbocycles. The second-order valence-corrected chi connectivity index (χ2v) is 8.41. The number of nitro benzene ring substituents is 1. The molecule has 0 unspecified atom stereocenters. The number of non-ortho nitro benzene ring substituents is 1. The first-order valence-corrected chi connectivity index (χ1v) is 11.3. The smallest absolute Gasteiger partial charge is 0.279 e. The zero-order chi connectivity index (χ0) is 25.2. The van der Waals surface area contributed by atoms with E-state index in [1.807, 2.05) is 18.2 Å². The number of fused-ring (bicyclic) bond motifs is 1. The zero-order valence-electron chi connectivity index (χ0n) is 18.6. The predicted molar refractivity (Wildman–Crippen MR) is 131 cm³/mol. The van der Waals surface area contributed by atoms with Gasteiger partial charge in [-0.3, -0.25) is 24.7 Å². The van der Waals surface area contributed by atoms with Crippen molar-refractivity contribution in [1.29, 1.82) is 0 Å². The van der Waals surface area contributed by atoms with Crippen molar-refractivity contribution in [2.75, 3.05) is 5.32 Å². The van der Waals surface area contributed by atoms with Crippen LogP contribution in [0.2, 0.25) is 0 Å². The van der Waals surface area contributed by atoms with E-state index >= 15 is 0 Å². The van der Waals surface area contributed by atoms with Crippen LogP contribution in [0.15, 0.2) is 78.0 Å². The molecule has 36 heavy (non-hydrogen) atoms. The summed E-state index contributed by atoms with van der Waals surface area (Å²) in [4.78, 5) is 45.6. The number of anilines is 1. The summed E-state index contributed by atoms with van der Waals surface area (Å²) in [5.74, 6) is -0.650. The summed E-state index contributed by atoms with van der Waals surface area (Å²) >= 11 is 1.14. The third kappa shape index (κ3) is 4.25. The Hall–Kier alpha value is -5.04. The minimum Gasteiger partial charge on any atom is -0.325 e. The van der Waals surface area contributed by atoms with Crippen LogP contribution in [-0.4, -0.2) is 41.1 Å². The van der Waals surface area contributed by atoms with Crippen LogP contribution in [0.5, 0.6) is 0 Å². The number of aromatic nitrogens is 5. The van der Waals surface area contributed by atoms with Gasteiger partial charge < -0.3 is 5.32 Å². The maximum atomic E-state index is 13.7. The summed E-state index contributed by atoms with van der Waals surface area (Å²) in [5.41, 5.74) is 1.26. The highest BCUT2D eigenvalue weighted by atomic mass is 32.1. The van der Waals surface area contributed by atoms with Crippen LogP contribution < -0.4 is 10.1 Å². The standard InChI is InChI=1S/C23H16N8O4S/c1-14(32)25-19-13-17(31(34)35)7-8-18(19)20-27-28-23-29(20)30(21(33)15-9-11-24-12-10-15)22(36-23)26-16-5-3-2-4-6-16/h2-13H,1H3,(H,25,32). The van der Waals surface area contributed by atoms with Gasteiger partial charge in [0.05, 0.1) is 16.3 Å². The number of benzene rings is 2. The molecule has 2 aromatic carbocycles. The van der Waals surface area contributed by atoms with Crippen LogP contribution in [0.4, 0.5) is 17.1 Å². The van der Waals surface area contributed by atoms with Crippen molar-refractivity contribution in [3.63, 3.8) is 0 Å². The van der Waals surface area contributed by atoms with Gasteiger partial charge in [-0.15, -0.1) is 10.2 Å². The lowest BCUT2D eigenvalue weighted by molar-refractivity contribution is -0.384. The SMILES string of the molecule is CC(=O)Nc1cc([N+](=O)[O-])ccc1-c1nnc2sc(=Nc3ccccc3)n(C(=O)c3ccncc3)n12. The Morgan fingerprint density at radius 1 is 1.06 bits per heavy atom. The summed E-state index contributed by atoms with van der Waals surface area (Å²) in [6, 6.07) is 16.2. The summed E-state index contributed by atoms with van der Waals surface area (Å²) in [5, 5.41) is 22.4. The Kier molecular flexibility index (Phi) is 5.88. The quantitative estimate of drug-likeness (QED) is 0.287. The lowest BCUT2D eigenvalue weighted by Crippen LogP contribution is -2.28. The molecule has 0 saturated heterocycles. The first-order valence-electron chi connectivity index (χ1n) is 10.5. The molecule has 3 aromatic heterocycles. The predicted octanol–water partition coefficient (Wildman–Crippen LogP) is 3.44. The first-order chi connectivity index (χ1) is 17.4. The molecule has 1 N–H and O–H groups in total. The van der Waals surface area contributed by atoms with Gasteiger partial charge in [-0.05, 0) is 30.3 Å². The molecule has 0 radical (unpaired) electrons. The van der Waals surface area contributed by atoms with Gasteiger partial charge in [0.1, 0.15) is 0 Å². The van der Waals surface area contributed by atoms with Gasteiger partial charge in [0.25, 0.3) is 11.6 Å². The number of carbonyl (C=O) groups is 2. The average Bonchev–Trinajstić information content (AvgIpc) is 3.43. The molecule has 0 aliphatic heterocycles. The number of amides is 1. The molecule has 5 rings (SSSR count). The van der Waals surface area contributed by atoms with Crippen LogP contribution in [-0.2, 0) is 4.79 Å². The minimum atomic E-state index is -0.566. The molecule has 5 aromatic rings. The van der Waals surface area contributed by atoms with E-state index in [9.17, 15) is 19.7 Å². The number of nitrogens with zero attached hydrogens (tertiary/aromatic N) is 7. The van der Waals surface area contributed by atoms with Crippen molar-refractivity contribution in [1.82, 2.24) is 24.4 Å². The molecule has 0 bridgehead atoms. The number of nitrogens with one attached hydrogen (secondary N) is 1. The topological polar surface area (TPSA) is 150 Å². The maximum absolute atomic E-state index is 13.7. The number of hydrogen-bond acceptors (Lipinski definition) is 9. The zero-order valence-corrected chi connectivity index (χ0v) is 19.4. The van der Waals surface area contributed by atoms with E-state index in [0.29, 0.717) is 26.6 Å². The van der Waals surface area contributed by atoms with Crippen LogP contribution >= 0.6 is 11.3 Å². The third-order valence-electron chi connectivity index (χ3n) is 5.04. The minimum absolute atomic E-state index is 0.154. The van der Waals surface area contributed by atoms with E-state index < -0.39 is 16.7 Å². The summed E-state index contributed by atoms with van der Waals surface area (Å²) in [7, 11) is 0. The second-order valence-electron chi connectivity index (χ2n) is 7.47. The van der Waals surface area contributed by atoms with Gasteiger partial charge in [-0.25, -0.2) is 4.99 Å². The van der Waals surface area contributed by atoms with Crippen molar-refractivity contribution in [3.8, 4) is 11.4 Å². The molecule has 3 heterocycles. The van der Waals surface area contributed by atoms with Crippen molar-refractivity contribution < 1.29 is 14.5 Å². The monoisotopic (exact) mass is 500 g/mol. The van der Waals surface area contributed by atoms with Crippen LogP contribution in [0.25, 0.3) is 16.3 Å². The van der Waals surface area contributed by atoms with Gasteiger partial charge in [0.15, 0.2) is 5.82 Å². The summed E-state index contributed by atoms with van der Waals surface area (Å²) in [6.45, 7) is 1.29. The number of hydrogen-bond donors (Lipinski definition) is 1. The summed E-state index contributed by atoms with van der Waals surface area (Å²) in [6.07, 6.45) is 3.01. The highest BCUT2D eigenvalue weighted by Crippen LogP contribution is 2.31. The normalized spacial score (nSPS) is 11.5. The molecule has 0 fully saturated rings. The van der Waals surface area contributed by atoms with Crippen LogP contribution in [0.1, 0.15) is 17.3 Å².